The Morgan fingerprint density at radius 2 is 2.45 bits per heavy atom. The second kappa shape index (κ2) is 5.75. The molecule has 0 fully saturated rings. The molecular formula is C8H13NO2. The van der Waals surface area contributed by atoms with Gasteiger partial charge < -0.3 is 10.4 Å². The van der Waals surface area contributed by atoms with E-state index in [2.05, 4.69) is 11.2 Å². The van der Waals surface area contributed by atoms with Crippen molar-refractivity contribution in [3.63, 3.8) is 0 Å². The fraction of sp³-hybridized carbons (Fsp3) is 0.625. The van der Waals surface area contributed by atoms with Gasteiger partial charge in [-0.05, 0) is 13.3 Å². The van der Waals surface area contributed by atoms with Gasteiger partial charge in [0.1, 0.15) is 0 Å². The predicted molar refractivity (Wildman–Crippen MR) is 42.8 cm³/mol. The number of carbonyl (C=O) groups is 1. The Balaban J connectivity index is 3.50. The van der Waals surface area contributed by atoms with E-state index in [9.17, 15) is 4.79 Å². The van der Waals surface area contributed by atoms with Crippen LogP contribution in [0.25, 0.3) is 0 Å². The van der Waals surface area contributed by atoms with Gasteiger partial charge in [0.2, 0.25) is 5.91 Å². The van der Waals surface area contributed by atoms with Gasteiger partial charge >= 0.3 is 0 Å². The minimum atomic E-state index is -0.159. The summed E-state index contributed by atoms with van der Waals surface area (Å²) >= 11 is 0. The molecule has 0 rings (SSSR count). The first-order valence-corrected chi connectivity index (χ1v) is 3.54. The number of aliphatic hydroxyl groups excluding tert-OH is 1. The largest absolute Gasteiger partial charge is 0.396 e. The van der Waals surface area contributed by atoms with Gasteiger partial charge in [0.15, 0.2) is 0 Å². The fourth-order valence-electron chi connectivity index (χ4n) is 0.684. The van der Waals surface area contributed by atoms with Crippen LogP contribution in [0, 0.1) is 12.3 Å². The molecule has 0 saturated carbocycles. The summed E-state index contributed by atoms with van der Waals surface area (Å²) in [6.07, 6.45) is 5.59. The first kappa shape index (κ1) is 9.99. The summed E-state index contributed by atoms with van der Waals surface area (Å²) in [5, 5.41) is 11.1. The number of hydrogen-bond acceptors (Lipinski definition) is 2. The van der Waals surface area contributed by atoms with E-state index in [4.69, 9.17) is 11.5 Å². The van der Waals surface area contributed by atoms with Gasteiger partial charge in [-0.15, -0.1) is 6.42 Å². The van der Waals surface area contributed by atoms with Crippen molar-refractivity contribution in [1.82, 2.24) is 5.32 Å². The average molecular weight is 155 g/mol. The molecule has 0 heterocycles. The molecule has 0 spiro atoms. The number of terminal acetylenes is 1. The number of nitrogens with one attached hydrogen (secondary N) is 1. The molecule has 1 amide bonds. The molecule has 1 atom stereocenters. The van der Waals surface area contributed by atoms with E-state index in [1.54, 1.807) is 0 Å². The quantitative estimate of drug-likeness (QED) is 0.557. The highest BCUT2D eigenvalue weighted by Crippen LogP contribution is 1.89. The third-order valence-corrected chi connectivity index (χ3v) is 1.23. The highest BCUT2D eigenvalue weighted by Gasteiger charge is 2.03. The normalized spacial score (nSPS) is 11.7. The van der Waals surface area contributed by atoms with Crippen molar-refractivity contribution in [2.45, 2.75) is 25.8 Å². The lowest BCUT2D eigenvalue weighted by atomic mass is 10.2. The van der Waals surface area contributed by atoms with Crippen molar-refractivity contribution in [3.05, 3.63) is 0 Å². The van der Waals surface area contributed by atoms with Crippen LogP contribution >= 0.6 is 0 Å². The molecule has 0 aromatic heterocycles. The number of amides is 1. The third-order valence-electron chi connectivity index (χ3n) is 1.23. The molecule has 0 bridgehead atoms. The summed E-state index contributed by atoms with van der Waals surface area (Å²) in [6, 6.07) is 0.000787. The molecule has 0 saturated heterocycles. The SMILES string of the molecule is C#CCC(=O)NC(C)CCO. The zero-order valence-electron chi connectivity index (χ0n) is 6.63. The van der Waals surface area contributed by atoms with E-state index in [0.29, 0.717) is 6.42 Å². The second-order valence-electron chi connectivity index (χ2n) is 2.36. The summed E-state index contributed by atoms with van der Waals surface area (Å²) in [5.74, 6) is 2.08. The lowest BCUT2D eigenvalue weighted by molar-refractivity contribution is -0.120. The monoisotopic (exact) mass is 155 g/mol. The van der Waals surface area contributed by atoms with Gasteiger partial charge in [0, 0.05) is 12.6 Å². The highest BCUT2D eigenvalue weighted by molar-refractivity contribution is 5.78. The van der Waals surface area contributed by atoms with Gasteiger partial charge in [0.05, 0.1) is 6.42 Å². The number of rotatable bonds is 4. The fourth-order valence-corrected chi connectivity index (χ4v) is 0.684. The lowest BCUT2D eigenvalue weighted by Gasteiger charge is -2.10. The molecule has 11 heavy (non-hydrogen) atoms. The topological polar surface area (TPSA) is 49.3 Å². The Labute approximate surface area is 66.8 Å². The maximum atomic E-state index is 10.8. The minimum absolute atomic E-state index is 0.000787. The Hall–Kier alpha value is -1.01. The summed E-state index contributed by atoms with van der Waals surface area (Å²) in [5.41, 5.74) is 0. The van der Waals surface area contributed by atoms with E-state index < -0.39 is 0 Å². The van der Waals surface area contributed by atoms with Crippen LogP contribution in [-0.4, -0.2) is 23.7 Å². The van der Waals surface area contributed by atoms with E-state index in [0.717, 1.165) is 0 Å². The van der Waals surface area contributed by atoms with Crippen LogP contribution < -0.4 is 5.32 Å². The summed E-state index contributed by atoms with van der Waals surface area (Å²) in [7, 11) is 0. The first-order valence-electron chi connectivity index (χ1n) is 3.54. The van der Waals surface area contributed by atoms with Crippen molar-refractivity contribution in [3.8, 4) is 12.3 Å². The molecule has 1 unspecified atom stereocenters. The third kappa shape index (κ3) is 5.43. The highest BCUT2D eigenvalue weighted by atomic mass is 16.3. The summed E-state index contributed by atoms with van der Waals surface area (Å²) in [4.78, 5) is 10.8. The zero-order valence-corrected chi connectivity index (χ0v) is 6.63. The average Bonchev–Trinajstić information content (AvgIpc) is 1.87. The lowest BCUT2D eigenvalue weighted by Crippen LogP contribution is -2.32. The molecule has 0 aromatic rings. The van der Waals surface area contributed by atoms with Gasteiger partial charge in [-0.2, -0.15) is 0 Å². The van der Waals surface area contributed by atoms with Crippen LogP contribution in [0.3, 0.4) is 0 Å². The molecule has 0 aliphatic carbocycles. The van der Waals surface area contributed by atoms with Crippen molar-refractivity contribution >= 4 is 5.91 Å². The van der Waals surface area contributed by atoms with E-state index in [1.165, 1.54) is 0 Å². The molecule has 0 radical (unpaired) electrons. The maximum Gasteiger partial charge on any atom is 0.232 e. The maximum absolute atomic E-state index is 10.8. The van der Waals surface area contributed by atoms with Crippen molar-refractivity contribution < 1.29 is 9.90 Å². The van der Waals surface area contributed by atoms with Crippen molar-refractivity contribution in [2.24, 2.45) is 0 Å². The van der Waals surface area contributed by atoms with Crippen LogP contribution in [0.4, 0.5) is 0 Å². The molecule has 0 aliphatic heterocycles. The zero-order chi connectivity index (χ0) is 8.69. The molecule has 0 aliphatic rings. The smallest absolute Gasteiger partial charge is 0.232 e. The predicted octanol–water partition coefficient (Wildman–Crippen LogP) is -0.103. The molecule has 3 nitrogen and oxygen atoms in total. The molecule has 3 heteroatoms. The van der Waals surface area contributed by atoms with Crippen LogP contribution in [0.15, 0.2) is 0 Å². The van der Waals surface area contributed by atoms with Gasteiger partial charge in [-0.1, -0.05) is 5.92 Å². The van der Waals surface area contributed by atoms with E-state index in [-0.39, 0.29) is 25.0 Å². The number of aliphatic hydroxyl groups is 1. The van der Waals surface area contributed by atoms with E-state index >= 15 is 0 Å². The number of hydrogen-bond donors (Lipinski definition) is 2. The van der Waals surface area contributed by atoms with E-state index in [1.807, 2.05) is 6.92 Å². The van der Waals surface area contributed by atoms with Crippen molar-refractivity contribution in [1.29, 1.82) is 0 Å². The Morgan fingerprint density at radius 1 is 1.82 bits per heavy atom. The van der Waals surface area contributed by atoms with Gasteiger partial charge in [0.25, 0.3) is 0 Å². The Kier molecular flexibility index (Phi) is 5.22. The summed E-state index contributed by atoms with van der Waals surface area (Å²) < 4.78 is 0. The van der Waals surface area contributed by atoms with Gasteiger partial charge in [-0.25, -0.2) is 0 Å². The van der Waals surface area contributed by atoms with Crippen LogP contribution in [0.1, 0.15) is 19.8 Å². The van der Waals surface area contributed by atoms with Gasteiger partial charge in [-0.3, -0.25) is 4.79 Å². The van der Waals surface area contributed by atoms with Crippen LogP contribution in [-0.2, 0) is 4.79 Å². The first-order chi connectivity index (χ1) is 5.20. The molecule has 0 aromatic carbocycles. The molecular weight excluding hydrogens is 142 g/mol. The molecule has 62 valence electrons. The molecule has 2 N–H and O–H groups in total. The summed E-state index contributed by atoms with van der Waals surface area (Å²) in [6.45, 7) is 1.90. The van der Waals surface area contributed by atoms with Crippen molar-refractivity contribution in [2.75, 3.05) is 6.61 Å². The van der Waals surface area contributed by atoms with Crippen LogP contribution in [0.5, 0.6) is 0 Å². The van der Waals surface area contributed by atoms with Crippen LogP contribution in [0.2, 0.25) is 0 Å². The standard InChI is InChI=1S/C8H13NO2/c1-3-4-8(11)9-7(2)5-6-10/h1,7,10H,4-6H2,2H3,(H,9,11). The second-order valence-corrected chi connectivity index (χ2v) is 2.36. The Morgan fingerprint density at radius 3 is 2.91 bits per heavy atom. The Bertz CT molecular complexity index is 160. The number of carbonyl (C=O) groups excluding carboxylic acids is 1. The minimum Gasteiger partial charge on any atom is -0.396 e.